The zero-order valence-electron chi connectivity index (χ0n) is 15.2. The predicted molar refractivity (Wildman–Crippen MR) is 118 cm³/mol. The Labute approximate surface area is 179 Å². The fourth-order valence-corrected chi connectivity index (χ4v) is 3.95. The number of nitrogens with one attached hydrogen (secondary N) is 2. The topological polar surface area (TPSA) is 109 Å². The number of fused-ring (bicyclic) bond motifs is 1. The minimum atomic E-state index is -0.305. The summed E-state index contributed by atoms with van der Waals surface area (Å²) in [5, 5.41) is 18.8. The Balaban J connectivity index is 1.37. The number of anilines is 1. The molecule has 3 heterocycles. The van der Waals surface area contributed by atoms with E-state index in [1.807, 2.05) is 36.4 Å². The van der Waals surface area contributed by atoms with Crippen LogP contribution in [0.2, 0.25) is 5.02 Å². The third kappa shape index (κ3) is 3.68. The van der Waals surface area contributed by atoms with Crippen LogP contribution in [0, 0.1) is 0 Å². The van der Waals surface area contributed by atoms with Crippen LogP contribution >= 0.6 is 23.4 Å². The number of pyridine rings is 1. The molecule has 5 rings (SSSR count). The Morgan fingerprint density at radius 3 is 2.93 bits per heavy atom. The number of aliphatic imine (C=N–C) groups is 1. The maximum atomic E-state index is 12.4. The number of H-pyrrole nitrogens is 1. The van der Waals surface area contributed by atoms with E-state index in [-0.39, 0.29) is 5.91 Å². The lowest BCUT2D eigenvalue weighted by Gasteiger charge is -2.08. The number of aromatic nitrogens is 5. The molecule has 0 atom stereocenters. The largest absolute Gasteiger partial charge is 0.333 e. The van der Waals surface area contributed by atoms with E-state index in [0.29, 0.717) is 26.6 Å². The number of halogens is 1. The number of hydrogen-bond donors (Lipinski definition) is 2. The van der Waals surface area contributed by atoms with Crippen molar-refractivity contribution in [3.05, 3.63) is 70.2 Å². The summed E-state index contributed by atoms with van der Waals surface area (Å²) in [5.74, 6) is 0.207. The summed E-state index contributed by atoms with van der Waals surface area (Å²) in [4.78, 5) is 21.3. The zero-order valence-corrected chi connectivity index (χ0v) is 16.8. The monoisotopic (exact) mass is 433 g/mol. The number of hydrogen-bond acceptors (Lipinski definition) is 7. The Morgan fingerprint density at radius 1 is 1.13 bits per heavy atom. The van der Waals surface area contributed by atoms with Crippen molar-refractivity contribution in [3.8, 4) is 11.4 Å². The number of amidine groups is 1. The van der Waals surface area contributed by atoms with Crippen LogP contribution in [0.25, 0.3) is 28.4 Å². The number of aromatic amines is 1. The number of tetrazole rings is 1. The molecule has 146 valence electrons. The molecule has 8 nitrogen and oxygen atoms in total. The summed E-state index contributed by atoms with van der Waals surface area (Å²) < 4.78 is 0. The van der Waals surface area contributed by atoms with Crippen molar-refractivity contribution in [2.45, 2.75) is 0 Å². The Kier molecular flexibility index (Phi) is 4.74. The van der Waals surface area contributed by atoms with Crippen molar-refractivity contribution in [1.82, 2.24) is 25.6 Å². The molecule has 0 bridgehead atoms. The molecular weight excluding hydrogens is 422 g/mol. The van der Waals surface area contributed by atoms with Crippen molar-refractivity contribution < 1.29 is 4.79 Å². The van der Waals surface area contributed by atoms with Crippen LogP contribution in [0.15, 0.2) is 64.6 Å². The molecule has 0 radical (unpaired) electrons. The van der Waals surface area contributed by atoms with Crippen LogP contribution < -0.4 is 5.32 Å². The van der Waals surface area contributed by atoms with Gasteiger partial charge in [0.15, 0.2) is 11.0 Å². The first-order valence-electron chi connectivity index (χ1n) is 8.84. The maximum Gasteiger partial charge on any atom is 0.286 e. The third-order valence-electron chi connectivity index (χ3n) is 4.37. The molecule has 0 aliphatic carbocycles. The number of amides is 1. The van der Waals surface area contributed by atoms with E-state index in [1.165, 1.54) is 11.8 Å². The van der Waals surface area contributed by atoms with E-state index < -0.39 is 0 Å². The third-order valence-corrected chi connectivity index (χ3v) is 5.60. The lowest BCUT2D eigenvalue weighted by Crippen LogP contribution is -2.05. The molecular formula is C20H12ClN7OS. The summed E-state index contributed by atoms with van der Waals surface area (Å²) in [7, 11) is 0. The lowest BCUT2D eigenvalue weighted by atomic mass is 10.1. The number of carbonyl (C=O) groups is 1. The minimum absolute atomic E-state index is 0.305. The number of rotatable bonds is 3. The number of carbonyl (C=O) groups excluding carboxylic acids is 1. The Bertz CT molecular complexity index is 1330. The van der Waals surface area contributed by atoms with Crippen molar-refractivity contribution in [2.24, 2.45) is 4.99 Å². The number of thioether (sulfide) groups is 1. The highest BCUT2D eigenvalue weighted by atomic mass is 35.5. The highest BCUT2D eigenvalue weighted by molar-refractivity contribution is 8.18. The second-order valence-corrected chi connectivity index (χ2v) is 7.80. The van der Waals surface area contributed by atoms with Gasteiger partial charge in [-0.3, -0.25) is 9.78 Å². The second-order valence-electron chi connectivity index (χ2n) is 6.36. The van der Waals surface area contributed by atoms with Crippen molar-refractivity contribution in [2.75, 3.05) is 5.32 Å². The maximum absolute atomic E-state index is 12.4. The van der Waals surface area contributed by atoms with Gasteiger partial charge in [0.05, 0.1) is 21.1 Å². The van der Waals surface area contributed by atoms with Gasteiger partial charge in [-0.25, -0.2) is 5.10 Å². The van der Waals surface area contributed by atoms with Gasteiger partial charge < -0.3 is 5.32 Å². The highest BCUT2D eigenvalue weighted by Gasteiger charge is 2.23. The van der Waals surface area contributed by atoms with E-state index in [2.05, 4.69) is 35.9 Å². The molecule has 0 saturated heterocycles. The number of nitrogens with zero attached hydrogens (tertiary/aromatic N) is 5. The van der Waals surface area contributed by atoms with Gasteiger partial charge in [-0.1, -0.05) is 23.7 Å². The van der Waals surface area contributed by atoms with Crippen LogP contribution in [-0.2, 0) is 4.79 Å². The van der Waals surface area contributed by atoms with E-state index in [0.717, 1.165) is 22.0 Å². The van der Waals surface area contributed by atoms with Gasteiger partial charge in [0.2, 0.25) is 0 Å². The minimum Gasteiger partial charge on any atom is -0.333 e. The molecule has 1 aliphatic heterocycles. The van der Waals surface area contributed by atoms with Gasteiger partial charge in [0.25, 0.3) is 5.91 Å². The first-order chi connectivity index (χ1) is 14.7. The van der Waals surface area contributed by atoms with E-state index >= 15 is 0 Å². The van der Waals surface area contributed by atoms with Crippen LogP contribution in [0.1, 0.15) is 5.56 Å². The normalized spacial score (nSPS) is 15.0. The quantitative estimate of drug-likeness (QED) is 0.467. The lowest BCUT2D eigenvalue weighted by molar-refractivity contribution is -0.113. The van der Waals surface area contributed by atoms with E-state index in [9.17, 15) is 4.79 Å². The molecule has 1 amide bonds. The summed E-state index contributed by atoms with van der Waals surface area (Å²) in [6.45, 7) is 0. The standard InChI is InChI=1S/C20H12ClN7OS/c21-14-5-4-13(18-25-27-28-26-18)10-16(14)23-20-24-19(29)17(30-20)9-11-3-6-15-12(8-11)2-1-7-22-15/h1-10H,(H,23,24,29)(H,25,26,27,28)/b17-9-. The smallest absolute Gasteiger partial charge is 0.286 e. The average Bonchev–Trinajstić information content (AvgIpc) is 3.40. The predicted octanol–water partition coefficient (Wildman–Crippen LogP) is 4.15. The summed E-state index contributed by atoms with van der Waals surface area (Å²) in [5.41, 5.74) is 3.16. The second kappa shape index (κ2) is 7.69. The molecule has 4 aromatic rings. The first kappa shape index (κ1) is 18.5. The Hall–Kier alpha value is -3.56. The van der Waals surface area contributed by atoms with Gasteiger partial charge in [-0.2, -0.15) is 4.99 Å². The van der Waals surface area contributed by atoms with Crippen LogP contribution in [0.3, 0.4) is 0 Å². The average molecular weight is 434 g/mol. The molecule has 0 unspecified atom stereocenters. The fraction of sp³-hybridized carbons (Fsp3) is 0. The summed E-state index contributed by atoms with van der Waals surface area (Å²) >= 11 is 7.55. The zero-order chi connectivity index (χ0) is 20.5. The fourth-order valence-electron chi connectivity index (χ4n) is 2.96. The molecule has 1 aliphatic rings. The number of benzene rings is 2. The van der Waals surface area contributed by atoms with Gasteiger partial charge in [0.1, 0.15) is 0 Å². The molecule has 30 heavy (non-hydrogen) atoms. The van der Waals surface area contributed by atoms with Crippen molar-refractivity contribution in [3.63, 3.8) is 0 Å². The molecule has 2 aromatic carbocycles. The van der Waals surface area contributed by atoms with Gasteiger partial charge >= 0.3 is 0 Å². The molecule has 0 spiro atoms. The van der Waals surface area contributed by atoms with Crippen LogP contribution in [0.5, 0.6) is 0 Å². The van der Waals surface area contributed by atoms with E-state index in [4.69, 9.17) is 11.6 Å². The van der Waals surface area contributed by atoms with Gasteiger partial charge in [-0.05, 0) is 70.2 Å². The van der Waals surface area contributed by atoms with Gasteiger partial charge in [0, 0.05) is 17.1 Å². The Morgan fingerprint density at radius 2 is 2.07 bits per heavy atom. The molecule has 10 heteroatoms. The molecule has 2 aromatic heterocycles. The summed E-state index contributed by atoms with van der Waals surface area (Å²) in [6, 6.07) is 15.0. The molecule has 0 saturated carbocycles. The van der Waals surface area contributed by atoms with Crippen molar-refractivity contribution in [1.29, 1.82) is 0 Å². The van der Waals surface area contributed by atoms with Crippen LogP contribution in [0.4, 0.5) is 5.69 Å². The summed E-state index contributed by atoms with van der Waals surface area (Å²) in [6.07, 6.45) is 3.57. The van der Waals surface area contributed by atoms with Crippen molar-refractivity contribution >= 4 is 57.1 Å². The van der Waals surface area contributed by atoms with E-state index in [1.54, 1.807) is 24.4 Å². The molecule has 2 N–H and O–H groups in total. The van der Waals surface area contributed by atoms with Gasteiger partial charge in [-0.15, -0.1) is 5.10 Å². The SMILES string of the molecule is O=C1N=C(Nc2cc(-c3nnn[nH]3)ccc2Cl)S/C1=C\c1ccc2ncccc2c1. The molecule has 0 fully saturated rings. The first-order valence-corrected chi connectivity index (χ1v) is 10.0. The van der Waals surface area contributed by atoms with Crippen LogP contribution in [-0.4, -0.2) is 36.7 Å². The highest BCUT2D eigenvalue weighted by Crippen LogP contribution is 2.33.